The van der Waals surface area contributed by atoms with E-state index in [1.165, 1.54) is 60.0 Å². The number of rotatable bonds is 14. The van der Waals surface area contributed by atoms with Crippen LogP contribution in [0.1, 0.15) is 117 Å². The molecule has 0 N–H and O–H groups in total. The lowest BCUT2D eigenvalue weighted by Crippen LogP contribution is -2.67. The second-order valence-corrected chi connectivity index (χ2v) is 19.9. The average molecular weight is 668 g/mol. The number of carbonyl (C=O) groups is 1. The summed E-state index contributed by atoms with van der Waals surface area (Å²) >= 11 is 0. The highest BCUT2D eigenvalue weighted by Gasteiger charge is 2.52. The van der Waals surface area contributed by atoms with Crippen molar-refractivity contribution >= 4 is 24.8 Å². The first-order chi connectivity index (χ1) is 22.9. The van der Waals surface area contributed by atoms with E-state index < -0.39 is 13.9 Å². The topological polar surface area (TPSA) is 38.8 Å². The summed E-state index contributed by atoms with van der Waals surface area (Å²) in [5.41, 5.74) is 2.05. The molecule has 4 rings (SSSR count). The Labute approximate surface area is 293 Å². The first-order valence-corrected chi connectivity index (χ1v) is 20.3. The Morgan fingerprint density at radius 1 is 0.812 bits per heavy atom. The van der Waals surface area contributed by atoms with Gasteiger partial charge >= 0.3 is 6.09 Å². The molecule has 1 aliphatic heterocycles. The average Bonchev–Trinajstić information content (AvgIpc) is 3.41. The summed E-state index contributed by atoms with van der Waals surface area (Å²) in [5.74, 6) is 0.111. The maximum absolute atomic E-state index is 14.1. The summed E-state index contributed by atoms with van der Waals surface area (Å²) in [6, 6.07) is 30.5. The van der Waals surface area contributed by atoms with Crippen molar-refractivity contribution in [3.63, 3.8) is 0 Å². The first-order valence-electron chi connectivity index (χ1n) is 18.4. The second kappa shape index (κ2) is 17.0. The molecule has 5 heteroatoms. The standard InChI is InChI=1S/C43H61NO3Si/c1-9-11-12-13-14-17-23-34-28-30-35(31-29-34)39-32-36(22-10-2)44(41(45)47-42(3,4)5)40(39)33-46-48(43(6,7)8,37-24-18-15-19-25-37)38-26-20-16-21-27-38/h10,15-16,18-22,24-31,36,39-40H,9,11-14,17,23,32-33H2,1-8H3/t36-,39+,40+/m0/s1. The largest absolute Gasteiger partial charge is 0.444 e. The maximum Gasteiger partial charge on any atom is 0.411 e. The number of likely N-dealkylation sites (tertiary alicyclic amines) is 1. The molecule has 0 unspecified atom stereocenters. The Morgan fingerprint density at radius 2 is 1.38 bits per heavy atom. The summed E-state index contributed by atoms with van der Waals surface area (Å²) in [5, 5.41) is 2.32. The highest BCUT2D eigenvalue weighted by molar-refractivity contribution is 6.99. The van der Waals surface area contributed by atoms with Gasteiger partial charge in [0.05, 0.1) is 18.7 Å². The van der Waals surface area contributed by atoms with Crippen LogP contribution < -0.4 is 10.4 Å². The van der Waals surface area contributed by atoms with Gasteiger partial charge in [-0.1, -0.05) is 157 Å². The van der Waals surface area contributed by atoms with E-state index in [0.717, 1.165) is 12.8 Å². The SMILES string of the molecule is CC=C[C@H]1C[C@H](c2ccc(CCCCCCCC)cc2)[C@@H](CO[Si](c2ccccc2)(c2ccccc2)C(C)(C)C)N1C(=O)OC(C)(C)C. The van der Waals surface area contributed by atoms with E-state index in [9.17, 15) is 4.79 Å². The van der Waals surface area contributed by atoms with Crippen molar-refractivity contribution in [3.8, 4) is 0 Å². The molecule has 0 spiro atoms. The van der Waals surface area contributed by atoms with Gasteiger partial charge in [-0.2, -0.15) is 0 Å². The van der Waals surface area contributed by atoms with E-state index >= 15 is 0 Å². The summed E-state index contributed by atoms with van der Waals surface area (Å²) in [4.78, 5) is 16.1. The lowest BCUT2D eigenvalue weighted by molar-refractivity contribution is 0.0125. The van der Waals surface area contributed by atoms with Crippen LogP contribution in [-0.2, 0) is 15.6 Å². The minimum absolute atomic E-state index is 0.0783. The predicted molar refractivity (Wildman–Crippen MR) is 205 cm³/mol. The van der Waals surface area contributed by atoms with Crippen LogP contribution in [0.15, 0.2) is 97.1 Å². The maximum atomic E-state index is 14.1. The van der Waals surface area contributed by atoms with Crippen LogP contribution in [-0.4, -0.2) is 43.6 Å². The van der Waals surface area contributed by atoms with Gasteiger partial charge in [-0.05, 0) is 73.5 Å². The zero-order chi connectivity index (χ0) is 34.8. The van der Waals surface area contributed by atoms with Crippen LogP contribution in [0.4, 0.5) is 4.79 Å². The highest BCUT2D eigenvalue weighted by atomic mass is 28.4. The van der Waals surface area contributed by atoms with Gasteiger partial charge in [0.25, 0.3) is 8.32 Å². The van der Waals surface area contributed by atoms with E-state index in [0.29, 0.717) is 6.61 Å². The molecule has 1 aliphatic rings. The van der Waals surface area contributed by atoms with Crippen LogP contribution in [0, 0.1) is 0 Å². The lowest BCUT2D eigenvalue weighted by atomic mass is 9.90. The Hall–Kier alpha value is -3.15. The van der Waals surface area contributed by atoms with Gasteiger partial charge < -0.3 is 9.16 Å². The molecule has 1 amide bonds. The zero-order valence-corrected chi connectivity index (χ0v) is 32.0. The molecule has 3 aromatic carbocycles. The predicted octanol–water partition coefficient (Wildman–Crippen LogP) is 10.2. The normalized spacial score (nSPS) is 18.8. The van der Waals surface area contributed by atoms with Crippen molar-refractivity contribution in [3.05, 3.63) is 108 Å². The van der Waals surface area contributed by atoms with Crippen molar-refractivity contribution < 1.29 is 14.0 Å². The monoisotopic (exact) mass is 667 g/mol. The molecule has 260 valence electrons. The van der Waals surface area contributed by atoms with Crippen molar-refractivity contribution in [2.75, 3.05) is 6.61 Å². The van der Waals surface area contributed by atoms with Crippen molar-refractivity contribution in [2.45, 2.75) is 135 Å². The number of unbranched alkanes of at least 4 members (excludes halogenated alkanes) is 5. The minimum Gasteiger partial charge on any atom is -0.444 e. The molecule has 0 aliphatic carbocycles. The molecule has 1 fully saturated rings. The number of ether oxygens (including phenoxy) is 1. The number of hydrogen-bond donors (Lipinski definition) is 0. The van der Waals surface area contributed by atoms with E-state index in [4.69, 9.17) is 9.16 Å². The molecule has 48 heavy (non-hydrogen) atoms. The fourth-order valence-corrected chi connectivity index (χ4v) is 12.1. The fraction of sp³-hybridized carbons (Fsp3) is 0.512. The van der Waals surface area contributed by atoms with Crippen LogP contribution in [0.25, 0.3) is 0 Å². The number of amides is 1. The summed E-state index contributed by atoms with van der Waals surface area (Å²) in [6.45, 7) is 17.5. The third kappa shape index (κ3) is 9.29. The van der Waals surface area contributed by atoms with Crippen LogP contribution in [0.3, 0.4) is 0 Å². The molecule has 0 bridgehead atoms. The summed E-state index contributed by atoms with van der Waals surface area (Å²) < 4.78 is 13.6. The Balaban J connectivity index is 1.72. The van der Waals surface area contributed by atoms with E-state index in [2.05, 4.69) is 125 Å². The van der Waals surface area contributed by atoms with Gasteiger partial charge in [0.2, 0.25) is 0 Å². The summed E-state index contributed by atoms with van der Waals surface area (Å²) in [7, 11) is -2.83. The molecule has 1 saturated heterocycles. The molecule has 3 aromatic rings. The van der Waals surface area contributed by atoms with Crippen LogP contribution >= 0.6 is 0 Å². The minimum atomic E-state index is -2.83. The van der Waals surface area contributed by atoms with Crippen molar-refractivity contribution in [1.29, 1.82) is 0 Å². The van der Waals surface area contributed by atoms with E-state index in [-0.39, 0.29) is 29.1 Å². The molecule has 0 radical (unpaired) electrons. The lowest BCUT2D eigenvalue weighted by Gasteiger charge is -2.44. The molecular weight excluding hydrogens is 607 g/mol. The molecular formula is C43H61NO3Si. The third-order valence-corrected chi connectivity index (χ3v) is 14.8. The van der Waals surface area contributed by atoms with Gasteiger partial charge in [-0.15, -0.1) is 0 Å². The smallest absolute Gasteiger partial charge is 0.411 e. The highest BCUT2D eigenvalue weighted by Crippen LogP contribution is 2.42. The fourth-order valence-electron chi connectivity index (χ4n) is 7.52. The molecule has 0 saturated carbocycles. The van der Waals surface area contributed by atoms with Crippen molar-refractivity contribution in [1.82, 2.24) is 4.90 Å². The van der Waals surface area contributed by atoms with Gasteiger partial charge in [0.1, 0.15) is 5.60 Å². The molecule has 4 nitrogen and oxygen atoms in total. The number of aryl methyl sites for hydroxylation is 1. The molecule has 3 atom stereocenters. The van der Waals surface area contributed by atoms with Crippen molar-refractivity contribution in [2.24, 2.45) is 0 Å². The number of carbonyl (C=O) groups excluding carboxylic acids is 1. The quantitative estimate of drug-likeness (QED) is 0.0976. The molecule has 1 heterocycles. The Bertz CT molecular complexity index is 1380. The molecule has 0 aromatic heterocycles. The summed E-state index contributed by atoms with van der Waals surface area (Å²) in [6.07, 6.45) is 13.7. The zero-order valence-electron chi connectivity index (χ0n) is 31.0. The number of hydrogen-bond acceptors (Lipinski definition) is 3. The van der Waals surface area contributed by atoms with E-state index in [1.807, 2.05) is 32.6 Å². The van der Waals surface area contributed by atoms with Gasteiger partial charge in [0, 0.05) is 5.92 Å². The number of nitrogens with zero attached hydrogens (tertiary/aromatic N) is 1. The number of benzene rings is 3. The Morgan fingerprint density at radius 3 is 1.90 bits per heavy atom. The van der Waals surface area contributed by atoms with Crippen LogP contribution in [0.5, 0.6) is 0 Å². The third-order valence-electron chi connectivity index (χ3n) is 9.81. The van der Waals surface area contributed by atoms with E-state index in [1.54, 1.807) is 0 Å². The Kier molecular flexibility index (Phi) is 13.3. The van der Waals surface area contributed by atoms with Crippen LogP contribution in [0.2, 0.25) is 5.04 Å². The second-order valence-electron chi connectivity index (χ2n) is 15.6. The van der Waals surface area contributed by atoms with Gasteiger partial charge in [0.15, 0.2) is 0 Å². The first kappa shape index (κ1) is 37.7. The van der Waals surface area contributed by atoms with Gasteiger partial charge in [-0.3, -0.25) is 4.90 Å². The van der Waals surface area contributed by atoms with Gasteiger partial charge in [-0.25, -0.2) is 4.79 Å². The number of allylic oxidation sites excluding steroid dienone is 1.